The second-order valence-corrected chi connectivity index (χ2v) is 6.60. The molecule has 3 rings (SSSR count). The van der Waals surface area contributed by atoms with E-state index in [1.807, 2.05) is 17.3 Å². The van der Waals surface area contributed by atoms with E-state index >= 15 is 0 Å². The summed E-state index contributed by atoms with van der Waals surface area (Å²) in [6.07, 6.45) is 3.80. The number of hydrogen-bond acceptors (Lipinski definition) is 6. The van der Waals surface area contributed by atoms with Crippen molar-refractivity contribution in [2.24, 2.45) is 5.92 Å². The number of carboxylic acid groups (broad SMARTS) is 1. The van der Waals surface area contributed by atoms with Gasteiger partial charge in [0.2, 0.25) is 0 Å². The molecule has 2 atom stereocenters. The number of methoxy groups -OCH3 is 1. The number of aliphatic carboxylic acids is 1. The molecule has 0 saturated carbocycles. The number of rotatable bonds is 7. The van der Waals surface area contributed by atoms with Gasteiger partial charge in [-0.3, -0.25) is 14.6 Å². The lowest BCUT2D eigenvalue weighted by Crippen LogP contribution is -2.45. The first-order valence-corrected chi connectivity index (χ1v) is 8.40. The molecule has 2 aliphatic rings. The minimum absolute atomic E-state index is 0.101. The van der Waals surface area contributed by atoms with Crippen LogP contribution in [0.5, 0.6) is 0 Å². The fourth-order valence-corrected chi connectivity index (χ4v) is 3.61. The van der Waals surface area contributed by atoms with E-state index in [9.17, 15) is 4.79 Å². The lowest BCUT2D eigenvalue weighted by Gasteiger charge is -2.30. The van der Waals surface area contributed by atoms with Crippen LogP contribution in [-0.2, 0) is 27.4 Å². The number of nitrogens with zero attached hydrogens (tertiary/aromatic N) is 4. The zero-order chi connectivity index (χ0) is 16.9. The molecule has 2 bridgehead atoms. The van der Waals surface area contributed by atoms with Crippen LogP contribution in [0.25, 0.3) is 0 Å². The second-order valence-electron chi connectivity index (χ2n) is 6.60. The lowest BCUT2D eigenvalue weighted by atomic mass is 10.1. The Morgan fingerprint density at radius 1 is 1.42 bits per heavy atom. The molecule has 2 fully saturated rings. The highest BCUT2D eigenvalue weighted by Gasteiger charge is 2.34. The lowest BCUT2D eigenvalue weighted by molar-refractivity contribution is -0.138. The quantitative estimate of drug-likeness (QED) is 0.734. The number of fused-ring (bicyclic) bond motifs is 3. The van der Waals surface area contributed by atoms with Crippen molar-refractivity contribution < 1.29 is 19.4 Å². The molecule has 0 amide bonds. The van der Waals surface area contributed by atoms with Gasteiger partial charge in [0.25, 0.3) is 0 Å². The molecular weight excluding hydrogens is 312 g/mol. The smallest absolute Gasteiger partial charge is 0.317 e. The number of aromatic nitrogens is 2. The highest BCUT2D eigenvalue weighted by atomic mass is 16.5. The molecule has 0 unspecified atom stereocenters. The normalized spacial score (nSPS) is 25.5. The molecule has 1 aromatic rings. The third-order valence-corrected chi connectivity index (χ3v) is 4.70. The second kappa shape index (κ2) is 8.06. The molecule has 2 aliphatic heterocycles. The summed E-state index contributed by atoms with van der Waals surface area (Å²) in [7, 11) is 1.70. The molecule has 0 spiro atoms. The van der Waals surface area contributed by atoms with E-state index in [-0.39, 0.29) is 12.6 Å². The van der Waals surface area contributed by atoms with Gasteiger partial charge in [0.1, 0.15) is 5.82 Å². The molecular formula is C16H26N4O4. The minimum Gasteiger partial charge on any atom is -0.480 e. The molecule has 0 radical (unpaired) electrons. The molecule has 3 heterocycles. The van der Waals surface area contributed by atoms with Crippen LogP contribution in [0.3, 0.4) is 0 Å². The Morgan fingerprint density at radius 3 is 3.08 bits per heavy atom. The SMILES string of the molecule is COCCn1ccnc1CN1C[C@H]2COC[C@@H]1CN(CC(=O)O)C2. The van der Waals surface area contributed by atoms with Crippen molar-refractivity contribution in [1.82, 2.24) is 19.4 Å². The largest absolute Gasteiger partial charge is 0.480 e. The predicted octanol–water partition coefficient (Wildman–Crippen LogP) is -0.253. The van der Waals surface area contributed by atoms with Gasteiger partial charge >= 0.3 is 5.97 Å². The summed E-state index contributed by atoms with van der Waals surface area (Å²) < 4.78 is 13.1. The van der Waals surface area contributed by atoms with Gasteiger partial charge in [-0.1, -0.05) is 0 Å². The number of carbonyl (C=O) groups is 1. The van der Waals surface area contributed by atoms with Gasteiger partial charge in [-0.2, -0.15) is 0 Å². The fraction of sp³-hybridized carbons (Fsp3) is 0.750. The summed E-state index contributed by atoms with van der Waals surface area (Å²) in [5.41, 5.74) is 0. The Kier molecular flexibility index (Phi) is 5.83. The molecule has 134 valence electrons. The average Bonchev–Trinajstić information content (AvgIpc) is 2.78. The summed E-state index contributed by atoms with van der Waals surface area (Å²) in [5.74, 6) is 0.584. The van der Waals surface area contributed by atoms with Gasteiger partial charge in [-0.25, -0.2) is 4.98 Å². The third kappa shape index (κ3) is 4.32. The maximum atomic E-state index is 11.1. The summed E-state index contributed by atoms with van der Waals surface area (Å²) in [5, 5.41) is 9.10. The van der Waals surface area contributed by atoms with Gasteiger partial charge in [0.15, 0.2) is 0 Å². The van der Waals surface area contributed by atoms with E-state index in [4.69, 9.17) is 14.6 Å². The summed E-state index contributed by atoms with van der Waals surface area (Å²) in [4.78, 5) is 20.0. The minimum atomic E-state index is -0.766. The Balaban J connectivity index is 1.69. The summed E-state index contributed by atoms with van der Waals surface area (Å²) >= 11 is 0. The van der Waals surface area contributed by atoms with Crippen LogP contribution in [-0.4, -0.2) is 89.6 Å². The summed E-state index contributed by atoms with van der Waals surface area (Å²) in [6, 6.07) is 0.199. The van der Waals surface area contributed by atoms with Crippen molar-refractivity contribution in [2.45, 2.75) is 19.1 Å². The first-order chi connectivity index (χ1) is 11.7. The number of ether oxygens (including phenoxy) is 2. The van der Waals surface area contributed by atoms with E-state index in [1.165, 1.54) is 0 Å². The van der Waals surface area contributed by atoms with Crippen molar-refractivity contribution in [2.75, 3.05) is 53.1 Å². The van der Waals surface area contributed by atoms with E-state index in [0.29, 0.717) is 25.7 Å². The molecule has 0 aliphatic carbocycles. The highest BCUT2D eigenvalue weighted by molar-refractivity contribution is 5.69. The van der Waals surface area contributed by atoms with Crippen LogP contribution in [0.4, 0.5) is 0 Å². The van der Waals surface area contributed by atoms with E-state index in [2.05, 4.69) is 14.5 Å². The van der Waals surface area contributed by atoms with Crippen LogP contribution < -0.4 is 0 Å². The first kappa shape index (κ1) is 17.3. The topological polar surface area (TPSA) is 80.1 Å². The standard InChI is InChI=1S/C16H26N4O4/c1-23-5-4-19-3-2-17-15(19)9-20-7-13-6-18(10-16(21)22)8-14(20)12-24-11-13/h2-3,13-14H,4-12H2,1H3,(H,21,22)/t13-,14-/m0/s1. The first-order valence-electron chi connectivity index (χ1n) is 8.40. The zero-order valence-electron chi connectivity index (χ0n) is 14.1. The molecule has 0 aromatic carbocycles. The molecule has 1 aromatic heterocycles. The van der Waals surface area contributed by atoms with E-state index < -0.39 is 5.97 Å². The maximum absolute atomic E-state index is 11.1. The van der Waals surface area contributed by atoms with E-state index in [0.717, 1.165) is 38.5 Å². The van der Waals surface area contributed by atoms with Gasteiger partial charge < -0.3 is 19.1 Å². The Bertz CT molecular complexity index is 550. The molecule has 24 heavy (non-hydrogen) atoms. The van der Waals surface area contributed by atoms with Crippen molar-refractivity contribution in [3.05, 3.63) is 18.2 Å². The van der Waals surface area contributed by atoms with Gasteiger partial charge in [-0.15, -0.1) is 0 Å². The average molecular weight is 338 g/mol. The van der Waals surface area contributed by atoms with Crippen LogP contribution in [0.2, 0.25) is 0 Å². The predicted molar refractivity (Wildman–Crippen MR) is 86.7 cm³/mol. The number of imidazole rings is 1. The maximum Gasteiger partial charge on any atom is 0.317 e. The van der Waals surface area contributed by atoms with Crippen LogP contribution in [0.15, 0.2) is 12.4 Å². The van der Waals surface area contributed by atoms with Crippen molar-refractivity contribution >= 4 is 5.97 Å². The Labute approximate surface area is 142 Å². The van der Waals surface area contributed by atoms with Crippen LogP contribution in [0, 0.1) is 5.92 Å². The fourth-order valence-electron chi connectivity index (χ4n) is 3.61. The van der Waals surface area contributed by atoms with Crippen LogP contribution in [0.1, 0.15) is 5.82 Å². The van der Waals surface area contributed by atoms with Crippen molar-refractivity contribution in [1.29, 1.82) is 0 Å². The highest BCUT2D eigenvalue weighted by Crippen LogP contribution is 2.21. The van der Waals surface area contributed by atoms with Crippen molar-refractivity contribution in [3.63, 3.8) is 0 Å². The van der Waals surface area contributed by atoms with Crippen molar-refractivity contribution in [3.8, 4) is 0 Å². The summed E-state index contributed by atoms with van der Waals surface area (Å²) in [6.45, 7) is 6.05. The third-order valence-electron chi connectivity index (χ3n) is 4.70. The molecule has 2 saturated heterocycles. The molecule has 1 N–H and O–H groups in total. The molecule has 8 nitrogen and oxygen atoms in total. The number of carboxylic acids is 1. The number of hydrogen-bond donors (Lipinski definition) is 1. The van der Waals surface area contributed by atoms with Gasteiger partial charge in [0.05, 0.1) is 32.9 Å². The Morgan fingerprint density at radius 2 is 2.29 bits per heavy atom. The zero-order valence-corrected chi connectivity index (χ0v) is 14.1. The molecule has 8 heteroatoms. The Hall–Kier alpha value is -1.48. The van der Waals surface area contributed by atoms with Gasteiger partial charge in [0, 0.05) is 57.6 Å². The van der Waals surface area contributed by atoms with Gasteiger partial charge in [-0.05, 0) is 0 Å². The monoisotopic (exact) mass is 338 g/mol. The van der Waals surface area contributed by atoms with Crippen LogP contribution >= 0.6 is 0 Å². The van der Waals surface area contributed by atoms with E-state index in [1.54, 1.807) is 7.11 Å².